The third kappa shape index (κ3) is 2.11. The number of rotatable bonds is 3. The molecule has 0 bridgehead atoms. The van der Waals surface area contributed by atoms with Gasteiger partial charge in [0.2, 0.25) is 0 Å². The van der Waals surface area contributed by atoms with E-state index in [1.165, 1.54) is 4.57 Å². The maximum absolute atomic E-state index is 12.1. The van der Waals surface area contributed by atoms with Gasteiger partial charge < -0.3 is 0 Å². The average molecular weight is 253 g/mol. The molecule has 0 saturated heterocycles. The van der Waals surface area contributed by atoms with Crippen molar-refractivity contribution in [3.63, 3.8) is 0 Å². The molecular formula is C12H13ClN2O2. The Bertz CT molecular complexity index is 555. The van der Waals surface area contributed by atoms with E-state index in [9.17, 15) is 9.59 Å². The summed E-state index contributed by atoms with van der Waals surface area (Å²) in [5.74, 6) is 0. The average Bonchev–Trinajstić information content (AvgIpc) is 2.29. The summed E-state index contributed by atoms with van der Waals surface area (Å²) >= 11 is 6.04. The summed E-state index contributed by atoms with van der Waals surface area (Å²) in [6.45, 7) is 5.27. The highest BCUT2D eigenvalue weighted by Gasteiger charge is 2.19. The lowest BCUT2D eigenvalue weighted by molar-refractivity contribution is 0.112. The Balaban J connectivity index is 3.80. The normalized spacial score (nSPS) is 11.9. The van der Waals surface area contributed by atoms with Gasteiger partial charge in [-0.15, -0.1) is 0 Å². The van der Waals surface area contributed by atoms with Crippen LogP contribution in [0.15, 0.2) is 4.79 Å². The second-order valence-electron chi connectivity index (χ2n) is 3.87. The zero-order valence-corrected chi connectivity index (χ0v) is 10.7. The molecule has 0 spiro atoms. The maximum Gasteiger partial charge on any atom is 0.270 e. The largest absolute Gasteiger partial charge is 0.298 e. The number of hydrogen-bond acceptors (Lipinski definition) is 3. The number of hydrogen-bond donors (Lipinski definition) is 0. The first-order valence-corrected chi connectivity index (χ1v) is 5.67. The minimum absolute atomic E-state index is 0.0169. The molecule has 0 aliphatic rings. The molecule has 0 N–H and O–H groups in total. The van der Waals surface area contributed by atoms with E-state index >= 15 is 0 Å². The van der Waals surface area contributed by atoms with Crippen LogP contribution in [0.1, 0.15) is 47.8 Å². The third-order valence-electron chi connectivity index (χ3n) is 2.91. The molecule has 0 fully saturated rings. The molecule has 0 radical (unpaired) electrons. The summed E-state index contributed by atoms with van der Waals surface area (Å²) in [5, 5.41) is 9.07. The van der Waals surface area contributed by atoms with Gasteiger partial charge in [0.05, 0.1) is 5.56 Å². The van der Waals surface area contributed by atoms with Crippen LogP contribution < -0.4 is 5.56 Å². The highest BCUT2D eigenvalue weighted by Crippen LogP contribution is 2.22. The molecule has 0 aromatic carbocycles. The van der Waals surface area contributed by atoms with Gasteiger partial charge in [-0.05, 0) is 25.8 Å². The fraction of sp³-hybridized carbons (Fsp3) is 0.417. The highest BCUT2D eigenvalue weighted by atomic mass is 35.5. The third-order valence-corrected chi connectivity index (χ3v) is 3.29. The zero-order chi connectivity index (χ0) is 13.2. The quantitative estimate of drug-likeness (QED) is 0.613. The number of pyridine rings is 1. The lowest BCUT2D eigenvalue weighted by atomic mass is 10.1. The Hall–Kier alpha value is -1.60. The molecule has 1 atom stereocenters. The molecule has 1 heterocycles. The van der Waals surface area contributed by atoms with Crippen molar-refractivity contribution in [3.8, 4) is 6.07 Å². The molecular weight excluding hydrogens is 240 g/mol. The first-order valence-electron chi connectivity index (χ1n) is 5.29. The van der Waals surface area contributed by atoms with E-state index in [2.05, 4.69) is 0 Å². The summed E-state index contributed by atoms with van der Waals surface area (Å²) in [4.78, 5) is 23.0. The van der Waals surface area contributed by atoms with Gasteiger partial charge in [0, 0.05) is 6.04 Å². The number of aromatic nitrogens is 1. The van der Waals surface area contributed by atoms with Crippen LogP contribution in [0, 0.1) is 18.3 Å². The number of carbonyl (C=O) groups excluding carboxylic acids is 1. The minimum Gasteiger partial charge on any atom is -0.298 e. The predicted octanol–water partition coefficient (Wildman–Crippen LogP) is 2.47. The van der Waals surface area contributed by atoms with Gasteiger partial charge in [-0.2, -0.15) is 5.26 Å². The summed E-state index contributed by atoms with van der Waals surface area (Å²) < 4.78 is 1.30. The van der Waals surface area contributed by atoms with Gasteiger partial charge in [0.25, 0.3) is 5.56 Å². The minimum atomic E-state index is -0.435. The van der Waals surface area contributed by atoms with Crippen molar-refractivity contribution in [2.75, 3.05) is 0 Å². The summed E-state index contributed by atoms with van der Waals surface area (Å²) in [6.07, 6.45) is 1.27. The smallest absolute Gasteiger partial charge is 0.270 e. The molecule has 1 unspecified atom stereocenters. The van der Waals surface area contributed by atoms with Crippen molar-refractivity contribution in [1.29, 1.82) is 5.26 Å². The van der Waals surface area contributed by atoms with Crippen LogP contribution in [0.3, 0.4) is 0 Å². The molecule has 0 amide bonds. The Morgan fingerprint density at radius 1 is 1.59 bits per heavy atom. The monoisotopic (exact) mass is 252 g/mol. The number of nitrogens with zero attached hydrogens (tertiary/aromatic N) is 2. The lowest BCUT2D eigenvalue weighted by Gasteiger charge is -2.18. The summed E-state index contributed by atoms with van der Waals surface area (Å²) in [7, 11) is 0. The van der Waals surface area contributed by atoms with Gasteiger partial charge in [-0.1, -0.05) is 18.5 Å². The fourth-order valence-corrected chi connectivity index (χ4v) is 2.06. The van der Waals surface area contributed by atoms with Gasteiger partial charge in [-0.3, -0.25) is 14.2 Å². The van der Waals surface area contributed by atoms with E-state index in [4.69, 9.17) is 16.9 Å². The van der Waals surface area contributed by atoms with Crippen molar-refractivity contribution >= 4 is 17.9 Å². The van der Waals surface area contributed by atoms with Crippen LogP contribution in [-0.2, 0) is 0 Å². The van der Waals surface area contributed by atoms with Gasteiger partial charge in [-0.25, -0.2) is 0 Å². The van der Waals surface area contributed by atoms with Crippen LogP contribution in [0.4, 0.5) is 0 Å². The molecule has 90 valence electrons. The Morgan fingerprint density at radius 3 is 2.59 bits per heavy atom. The Labute approximate surface area is 104 Å². The van der Waals surface area contributed by atoms with E-state index in [0.717, 1.165) is 0 Å². The molecule has 1 aromatic heterocycles. The molecule has 1 rings (SSSR count). The molecule has 4 nitrogen and oxygen atoms in total. The molecule has 5 heteroatoms. The first kappa shape index (κ1) is 13.5. The van der Waals surface area contributed by atoms with Gasteiger partial charge in [0.1, 0.15) is 16.8 Å². The number of carbonyl (C=O) groups is 1. The van der Waals surface area contributed by atoms with Gasteiger partial charge in [0.15, 0.2) is 6.29 Å². The van der Waals surface area contributed by atoms with Crippen molar-refractivity contribution in [2.24, 2.45) is 0 Å². The van der Waals surface area contributed by atoms with E-state index < -0.39 is 5.56 Å². The highest BCUT2D eigenvalue weighted by molar-refractivity contribution is 6.32. The van der Waals surface area contributed by atoms with Crippen LogP contribution >= 0.6 is 11.6 Å². The molecule has 0 saturated carbocycles. The van der Waals surface area contributed by atoms with Crippen molar-refractivity contribution in [1.82, 2.24) is 4.57 Å². The molecule has 0 aliphatic heterocycles. The molecule has 17 heavy (non-hydrogen) atoms. The number of aldehydes is 1. The Kier molecular flexibility index (Phi) is 4.08. The van der Waals surface area contributed by atoms with Crippen molar-refractivity contribution in [3.05, 3.63) is 32.2 Å². The number of halogens is 1. The zero-order valence-electron chi connectivity index (χ0n) is 9.95. The van der Waals surface area contributed by atoms with E-state index in [0.29, 0.717) is 18.3 Å². The maximum atomic E-state index is 12.1. The second-order valence-corrected chi connectivity index (χ2v) is 4.22. The van der Waals surface area contributed by atoms with Crippen LogP contribution in [-0.4, -0.2) is 10.9 Å². The summed E-state index contributed by atoms with van der Waals surface area (Å²) in [6, 6.07) is 1.68. The topological polar surface area (TPSA) is 62.9 Å². The fourth-order valence-electron chi connectivity index (χ4n) is 1.63. The molecule has 0 aliphatic carbocycles. The number of nitriles is 1. The van der Waals surface area contributed by atoms with Crippen molar-refractivity contribution in [2.45, 2.75) is 33.2 Å². The van der Waals surface area contributed by atoms with Crippen molar-refractivity contribution < 1.29 is 4.79 Å². The Morgan fingerprint density at radius 2 is 2.18 bits per heavy atom. The van der Waals surface area contributed by atoms with Crippen LogP contribution in [0.2, 0.25) is 5.15 Å². The van der Waals surface area contributed by atoms with Crippen LogP contribution in [0.25, 0.3) is 0 Å². The van der Waals surface area contributed by atoms with E-state index in [-0.39, 0.29) is 22.3 Å². The first-order chi connectivity index (χ1) is 7.99. The SMILES string of the molecule is CCC(C)n1c(Cl)c(C=O)c(C)c(C#N)c1=O. The second kappa shape index (κ2) is 5.15. The standard InChI is InChI=1S/C12H13ClN2O2/c1-4-7(2)15-11(13)10(6-16)8(3)9(5-14)12(15)17/h6-7H,4H2,1-3H3. The van der Waals surface area contributed by atoms with Gasteiger partial charge >= 0.3 is 0 Å². The predicted molar refractivity (Wildman–Crippen MR) is 65.6 cm³/mol. The summed E-state index contributed by atoms with van der Waals surface area (Å²) in [5.41, 5.74) is 0.104. The molecule has 1 aromatic rings. The van der Waals surface area contributed by atoms with E-state index in [1.54, 1.807) is 6.92 Å². The van der Waals surface area contributed by atoms with E-state index in [1.807, 2.05) is 19.9 Å². The van der Waals surface area contributed by atoms with Crippen LogP contribution in [0.5, 0.6) is 0 Å². The lowest BCUT2D eigenvalue weighted by Crippen LogP contribution is -2.28.